The summed E-state index contributed by atoms with van der Waals surface area (Å²) in [6.07, 6.45) is 0.0981. The number of aryl methyl sites for hydroxylation is 1. The highest BCUT2D eigenvalue weighted by Crippen LogP contribution is 2.26. The fourth-order valence-corrected chi connectivity index (χ4v) is 3.75. The van der Waals surface area contributed by atoms with Crippen LogP contribution in [0.4, 0.5) is 0 Å². The van der Waals surface area contributed by atoms with E-state index in [-0.39, 0.29) is 37.4 Å². The van der Waals surface area contributed by atoms with Gasteiger partial charge in [-0.1, -0.05) is 35.3 Å². The Bertz CT molecular complexity index is 1320. The first-order valence-electron chi connectivity index (χ1n) is 9.99. The summed E-state index contributed by atoms with van der Waals surface area (Å²) >= 11 is 12.1. The fourth-order valence-electron chi connectivity index (χ4n) is 3.37. The lowest BCUT2D eigenvalue weighted by atomic mass is 10.2. The second-order valence-corrected chi connectivity index (χ2v) is 8.32. The largest absolute Gasteiger partial charge is 0.419 e. The van der Waals surface area contributed by atoms with Crippen molar-refractivity contribution in [2.45, 2.75) is 39.4 Å². The second-order valence-electron chi connectivity index (χ2n) is 7.48. The van der Waals surface area contributed by atoms with E-state index in [1.165, 1.54) is 4.57 Å². The number of halogens is 2. The lowest BCUT2D eigenvalue weighted by molar-refractivity contribution is -0.134. The second kappa shape index (κ2) is 9.18. The third-order valence-corrected chi connectivity index (χ3v) is 5.56. The molecule has 0 atom stereocenters. The first-order chi connectivity index (χ1) is 15.3. The number of hydrogen-bond donors (Lipinski definition) is 0. The molecule has 0 N–H and O–H groups in total. The molecule has 0 unspecified atom stereocenters. The first kappa shape index (κ1) is 22.1. The molecule has 2 aromatic carbocycles. The molecule has 166 valence electrons. The molecule has 2 heterocycles. The minimum absolute atomic E-state index is 0.0981. The molecule has 0 radical (unpaired) electrons. The van der Waals surface area contributed by atoms with Gasteiger partial charge in [0.25, 0.3) is 0 Å². The minimum Gasteiger partial charge on any atom is -0.419 e. The summed E-state index contributed by atoms with van der Waals surface area (Å²) < 4.78 is 12.4. The highest BCUT2D eigenvalue weighted by atomic mass is 35.5. The molecule has 8 nitrogen and oxygen atoms in total. The zero-order valence-electron chi connectivity index (χ0n) is 17.4. The van der Waals surface area contributed by atoms with E-state index >= 15 is 0 Å². The quantitative estimate of drug-likeness (QED) is 0.382. The summed E-state index contributed by atoms with van der Waals surface area (Å²) in [6, 6.07) is 12.0. The Balaban J connectivity index is 1.48. The molecule has 0 saturated carbocycles. The van der Waals surface area contributed by atoms with Gasteiger partial charge >= 0.3 is 5.76 Å². The Hall–Kier alpha value is -3.10. The molecule has 32 heavy (non-hydrogen) atoms. The van der Waals surface area contributed by atoms with Crippen LogP contribution in [-0.2, 0) is 17.9 Å². The lowest BCUT2D eigenvalue weighted by Gasteiger charge is -2.25. The van der Waals surface area contributed by atoms with E-state index in [9.17, 15) is 9.59 Å². The van der Waals surface area contributed by atoms with Crippen LogP contribution >= 0.6 is 23.2 Å². The van der Waals surface area contributed by atoms with Gasteiger partial charge in [-0.15, -0.1) is 10.2 Å². The minimum atomic E-state index is -0.535. The van der Waals surface area contributed by atoms with Crippen molar-refractivity contribution >= 4 is 40.2 Å². The molecule has 2 aromatic heterocycles. The Kier molecular flexibility index (Phi) is 6.34. The molecule has 0 aliphatic heterocycles. The van der Waals surface area contributed by atoms with Gasteiger partial charge in [0.1, 0.15) is 0 Å². The van der Waals surface area contributed by atoms with Gasteiger partial charge in [0.15, 0.2) is 5.58 Å². The van der Waals surface area contributed by atoms with Crippen molar-refractivity contribution in [3.8, 4) is 11.5 Å². The number of nitrogens with zero attached hydrogens (tertiary/aromatic N) is 4. The summed E-state index contributed by atoms with van der Waals surface area (Å²) in [5.41, 5.74) is 1.60. The zero-order chi connectivity index (χ0) is 22.8. The van der Waals surface area contributed by atoms with E-state index in [4.69, 9.17) is 32.0 Å². The first-order valence-corrected chi connectivity index (χ1v) is 10.7. The van der Waals surface area contributed by atoms with Crippen LogP contribution in [0.15, 0.2) is 56.1 Å². The highest BCUT2D eigenvalue weighted by molar-refractivity contribution is 6.33. The van der Waals surface area contributed by atoms with E-state index in [1.54, 1.807) is 35.2 Å². The number of carbonyl (C=O) groups excluding carboxylic acids is 1. The average Bonchev–Trinajstić information content (AvgIpc) is 3.33. The molecular weight excluding hydrogens is 455 g/mol. The molecular formula is C22H20Cl2N4O4. The maximum absolute atomic E-state index is 13.0. The van der Waals surface area contributed by atoms with Crippen LogP contribution in [-0.4, -0.2) is 31.6 Å². The topological polar surface area (TPSA) is 94.4 Å². The maximum Gasteiger partial charge on any atom is 0.419 e. The van der Waals surface area contributed by atoms with Crippen LogP contribution in [0, 0.1) is 0 Å². The van der Waals surface area contributed by atoms with Gasteiger partial charge in [-0.25, -0.2) is 4.79 Å². The number of carbonyl (C=O) groups is 1. The third kappa shape index (κ3) is 4.56. The van der Waals surface area contributed by atoms with Gasteiger partial charge in [0, 0.05) is 30.1 Å². The Labute approximate surface area is 193 Å². The van der Waals surface area contributed by atoms with Crippen LogP contribution < -0.4 is 5.76 Å². The van der Waals surface area contributed by atoms with Gasteiger partial charge in [0.2, 0.25) is 17.7 Å². The highest BCUT2D eigenvalue weighted by Gasteiger charge is 2.22. The molecule has 0 bridgehead atoms. The van der Waals surface area contributed by atoms with Gasteiger partial charge in [-0.3, -0.25) is 9.36 Å². The fraction of sp³-hybridized carbons (Fsp3) is 0.273. The van der Waals surface area contributed by atoms with Crippen molar-refractivity contribution in [3.05, 3.63) is 69.0 Å². The number of fused-ring (bicyclic) bond motifs is 1. The molecule has 0 spiro atoms. The molecule has 10 heteroatoms. The summed E-state index contributed by atoms with van der Waals surface area (Å²) in [5, 5.41) is 9.08. The Morgan fingerprint density at radius 1 is 1.12 bits per heavy atom. The van der Waals surface area contributed by atoms with Crippen LogP contribution in [0.2, 0.25) is 10.0 Å². The van der Waals surface area contributed by atoms with Crippen molar-refractivity contribution < 1.29 is 13.6 Å². The summed E-state index contributed by atoms with van der Waals surface area (Å²) in [4.78, 5) is 26.8. The number of hydrogen-bond acceptors (Lipinski definition) is 6. The van der Waals surface area contributed by atoms with Crippen LogP contribution in [0.5, 0.6) is 0 Å². The number of rotatable bonds is 7. The van der Waals surface area contributed by atoms with Crippen LogP contribution in [0.1, 0.15) is 26.2 Å². The number of benzene rings is 2. The SMILES string of the molecule is CC(C)N(Cc1nnc(-c2ccccc2Cl)o1)C(=O)CCn1c(=O)oc2cc(Cl)ccc21. The molecule has 1 amide bonds. The van der Waals surface area contributed by atoms with E-state index in [0.717, 1.165) is 0 Å². The number of amides is 1. The van der Waals surface area contributed by atoms with Crippen molar-refractivity contribution in [1.82, 2.24) is 19.7 Å². The Morgan fingerprint density at radius 3 is 2.66 bits per heavy atom. The molecule has 0 saturated heterocycles. The standard InChI is InChI=1S/C22H20Cl2N4O4/c1-13(2)28(12-19-25-26-21(32-19)15-5-3-4-6-16(15)24)20(29)9-10-27-17-8-7-14(23)11-18(17)31-22(27)30/h3-8,11,13H,9-10,12H2,1-2H3. The number of oxazole rings is 1. The van der Waals surface area contributed by atoms with Gasteiger partial charge in [-0.2, -0.15) is 0 Å². The normalized spacial score (nSPS) is 11.4. The maximum atomic E-state index is 13.0. The Morgan fingerprint density at radius 2 is 1.91 bits per heavy atom. The predicted molar refractivity (Wildman–Crippen MR) is 121 cm³/mol. The van der Waals surface area contributed by atoms with Crippen molar-refractivity contribution in [3.63, 3.8) is 0 Å². The predicted octanol–water partition coefficient (Wildman–Crippen LogP) is 4.78. The van der Waals surface area contributed by atoms with Gasteiger partial charge < -0.3 is 13.7 Å². The summed E-state index contributed by atoms with van der Waals surface area (Å²) in [7, 11) is 0. The van der Waals surface area contributed by atoms with E-state index in [0.29, 0.717) is 32.6 Å². The molecule has 4 aromatic rings. The van der Waals surface area contributed by atoms with Crippen LogP contribution in [0.3, 0.4) is 0 Å². The average molecular weight is 475 g/mol. The van der Waals surface area contributed by atoms with Crippen molar-refractivity contribution in [2.75, 3.05) is 0 Å². The van der Waals surface area contributed by atoms with Gasteiger partial charge in [-0.05, 0) is 38.1 Å². The lowest BCUT2D eigenvalue weighted by Crippen LogP contribution is -2.37. The molecule has 0 fully saturated rings. The van der Waals surface area contributed by atoms with E-state index < -0.39 is 5.76 Å². The monoisotopic (exact) mass is 474 g/mol. The summed E-state index contributed by atoms with van der Waals surface area (Å²) in [6.45, 7) is 4.10. The van der Waals surface area contributed by atoms with Crippen molar-refractivity contribution in [2.24, 2.45) is 0 Å². The third-order valence-electron chi connectivity index (χ3n) is 5.00. The van der Waals surface area contributed by atoms with E-state index in [1.807, 2.05) is 26.0 Å². The molecule has 4 rings (SSSR count). The van der Waals surface area contributed by atoms with Gasteiger partial charge in [0.05, 0.1) is 22.6 Å². The van der Waals surface area contributed by atoms with Crippen LogP contribution in [0.25, 0.3) is 22.6 Å². The summed E-state index contributed by atoms with van der Waals surface area (Å²) in [5.74, 6) is -0.112. The molecule has 0 aliphatic carbocycles. The number of aromatic nitrogens is 3. The molecule has 0 aliphatic rings. The van der Waals surface area contributed by atoms with E-state index in [2.05, 4.69) is 10.2 Å². The smallest absolute Gasteiger partial charge is 0.419 e. The van der Waals surface area contributed by atoms with Crippen molar-refractivity contribution in [1.29, 1.82) is 0 Å². The zero-order valence-corrected chi connectivity index (χ0v) is 18.9.